The highest BCUT2D eigenvalue weighted by atomic mass is 16.4. The lowest BCUT2D eigenvalue weighted by molar-refractivity contribution is -0.142. The molecule has 1 N–H and O–H groups in total. The number of hydrogen-bond acceptors (Lipinski definition) is 1. The molecule has 0 radical (unpaired) electrons. The second-order valence-electron chi connectivity index (χ2n) is 4.79. The molecule has 2 heteroatoms. The maximum absolute atomic E-state index is 10.4. The van der Waals surface area contributed by atoms with Crippen LogP contribution in [0.4, 0.5) is 0 Å². The van der Waals surface area contributed by atoms with Gasteiger partial charge >= 0.3 is 5.97 Å². The molecule has 0 aromatic heterocycles. The zero-order valence-electron chi connectivity index (χ0n) is 9.71. The molecule has 0 aliphatic heterocycles. The van der Waals surface area contributed by atoms with Crippen LogP contribution in [0.1, 0.15) is 70.6 Å². The lowest BCUT2D eigenvalue weighted by Crippen LogP contribution is -2.16. The molecule has 2 rings (SSSR count). The molecule has 0 unspecified atom stereocenters. The summed E-state index contributed by atoms with van der Waals surface area (Å²) >= 11 is 0. The first kappa shape index (κ1) is 12.5. The summed E-state index contributed by atoms with van der Waals surface area (Å²) in [6.07, 6.45) is 14.2. The van der Waals surface area contributed by atoms with Gasteiger partial charge in [0, 0.05) is 0 Å². The average Bonchev–Trinajstić information content (AvgIpc) is 2.33. The van der Waals surface area contributed by atoms with Crippen molar-refractivity contribution in [2.24, 2.45) is 5.92 Å². The summed E-state index contributed by atoms with van der Waals surface area (Å²) in [5.41, 5.74) is 0. The minimum absolute atomic E-state index is 0.0289. The minimum atomic E-state index is -0.602. The van der Waals surface area contributed by atoms with Gasteiger partial charge in [-0.25, -0.2) is 0 Å². The first-order chi connectivity index (χ1) is 7.30. The van der Waals surface area contributed by atoms with E-state index in [4.69, 9.17) is 5.11 Å². The molecule has 2 aliphatic rings. The van der Waals surface area contributed by atoms with E-state index in [9.17, 15) is 4.79 Å². The number of carboxylic acids is 1. The fraction of sp³-hybridized carbons (Fsp3) is 0.923. The number of carboxylic acid groups (broad SMARTS) is 1. The monoisotopic (exact) mass is 212 g/mol. The number of aliphatic carboxylic acids is 1. The molecule has 0 heterocycles. The Morgan fingerprint density at radius 3 is 1.33 bits per heavy atom. The maximum Gasteiger partial charge on any atom is 0.306 e. The average molecular weight is 212 g/mol. The van der Waals surface area contributed by atoms with E-state index < -0.39 is 5.97 Å². The molecule has 0 aromatic carbocycles. The van der Waals surface area contributed by atoms with Crippen LogP contribution in [0.5, 0.6) is 0 Å². The van der Waals surface area contributed by atoms with Gasteiger partial charge in [0.1, 0.15) is 0 Å². The van der Waals surface area contributed by atoms with Crippen LogP contribution in [0.25, 0.3) is 0 Å². The smallest absolute Gasteiger partial charge is 0.306 e. The second-order valence-corrected chi connectivity index (χ2v) is 4.79. The molecule has 0 amide bonds. The normalized spacial score (nSPS) is 22.7. The summed E-state index contributed by atoms with van der Waals surface area (Å²) in [5, 5.41) is 8.54. The minimum Gasteiger partial charge on any atom is -0.481 e. The van der Waals surface area contributed by atoms with Crippen molar-refractivity contribution in [3.8, 4) is 0 Å². The Labute approximate surface area is 93.1 Å². The topological polar surface area (TPSA) is 37.3 Å². The molecule has 2 saturated carbocycles. The Morgan fingerprint density at radius 1 is 0.733 bits per heavy atom. The Morgan fingerprint density at radius 2 is 1.07 bits per heavy atom. The van der Waals surface area contributed by atoms with Gasteiger partial charge in [-0.05, 0) is 12.8 Å². The second kappa shape index (κ2) is 7.72. The first-order valence-corrected chi connectivity index (χ1v) is 6.53. The van der Waals surface area contributed by atoms with Crippen LogP contribution < -0.4 is 0 Å². The van der Waals surface area contributed by atoms with Gasteiger partial charge in [0.2, 0.25) is 0 Å². The Kier molecular flexibility index (Phi) is 6.45. The van der Waals surface area contributed by atoms with E-state index in [-0.39, 0.29) is 5.92 Å². The Hall–Kier alpha value is -0.530. The SMILES string of the molecule is C1CCCCC1.O=C(O)C1CCCCC1. The summed E-state index contributed by atoms with van der Waals surface area (Å²) in [4.78, 5) is 10.4. The van der Waals surface area contributed by atoms with E-state index in [1.165, 1.54) is 44.9 Å². The maximum atomic E-state index is 10.4. The molecule has 0 bridgehead atoms. The molecule has 2 fully saturated rings. The van der Waals surface area contributed by atoms with E-state index in [1.807, 2.05) is 0 Å². The van der Waals surface area contributed by atoms with Crippen LogP contribution in [-0.2, 0) is 4.79 Å². The summed E-state index contributed by atoms with van der Waals surface area (Å²) in [6, 6.07) is 0. The van der Waals surface area contributed by atoms with Gasteiger partial charge in [-0.1, -0.05) is 57.8 Å². The fourth-order valence-corrected chi connectivity index (χ4v) is 2.41. The molecular formula is C13H24O2. The van der Waals surface area contributed by atoms with E-state index in [0.717, 1.165) is 25.7 Å². The van der Waals surface area contributed by atoms with Crippen LogP contribution >= 0.6 is 0 Å². The molecule has 2 nitrogen and oxygen atoms in total. The Bertz CT molecular complexity index is 156. The highest BCUT2D eigenvalue weighted by Crippen LogP contribution is 2.23. The number of carbonyl (C=O) groups is 1. The lowest BCUT2D eigenvalue weighted by atomic mass is 9.90. The van der Waals surface area contributed by atoms with E-state index in [2.05, 4.69) is 0 Å². The third-order valence-corrected chi connectivity index (χ3v) is 3.45. The molecule has 88 valence electrons. The molecule has 0 aromatic rings. The predicted molar refractivity (Wildman–Crippen MR) is 61.9 cm³/mol. The van der Waals surface area contributed by atoms with Crippen molar-refractivity contribution in [1.29, 1.82) is 0 Å². The molecule has 15 heavy (non-hydrogen) atoms. The molecular weight excluding hydrogens is 188 g/mol. The van der Waals surface area contributed by atoms with Crippen molar-refractivity contribution >= 4 is 5.97 Å². The largest absolute Gasteiger partial charge is 0.481 e. The summed E-state index contributed by atoms with van der Waals surface area (Å²) in [7, 11) is 0. The predicted octanol–water partition coefficient (Wildman–Crippen LogP) is 3.99. The molecule has 0 atom stereocenters. The van der Waals surface area contributed by atoms with Gasteiger partial charge in [0.05, 0.1) is 5.92 Å². The zero-order chi connectivity index (χ0) is 10.9. The Balaban J connectivity index is 0.000000162. The van der Waals surface area contributed by atoms with Crippen molar-refractivity contribution in [2.75, 3.05) is 0 Å². The van der Waals surface area contributed by atoms with Crippen molar-refractivity contribution < 1.29 is 9.90 Å². The summed E-state index contributed by atoms with van der Waals surface area (Å²) in [5.74, 6) is -0.631. The summed E-state index contributed by atoms with van der Waals surface area (Å²) < 4.78 is 0. The van der Waals surface area contributed by atoms with Gasteiger partial charge in [0.15, 0.2) is 0 Å². The van der Waals surface area contributed by atoms with E-state index in [1.54, 1.807) is 0 Å². The third-order valence-electron chi connectivity index (χ3n) is 3.45. The highest BCUT2D eigenvalue weighted by molar-refractivity contribution is 5.69. The number of rotatable bonds is 1. The van der Waals surface area contributed by atoms with Gasteiger partial charge in [-0.3, -0.25) is 4.79 Å². The van der Waals surface area contributed by atoms with Gasteiger partial charge < -0.3 is 5.11 Å². The lowest BCUT2D eigenvalue weighted by Gasteiger charge is -2.16. The van der Waals surface area contributed by atoms with E-state index >= 15 is 0 Å². The van der Waals surface area contributed by atoms with Crippen molar-refractivity contribution in [3.05, 3.63) is 0 Å². The van der Waals surface area contributed by atoms with Crippen LogP contribution in [0.15, 0.2) is 0 Å². The highest BCUT2D eigenvalue weighted by Gasteiger charge is 2.19. The van der Waals surface area contributed by atoms with Gasteiger partial charge in [0.25, 0.3) is 0 Å². The first-order valence-electron chi connectivity index (χ1n) is 6.53. The number of hydrogen-bond donors (Lipinski definition) is 1. The standard InChI is InChI=1S/C7H12O2.C6H12/c8-7(9)6-4-2-1-3-5-6;1-2-4-6-5-3-1/h6H,1-5H2,(H,8,9);1-6H2. The zero-order valence-corrected chi connectivity index (χ0v) is 9.71. The van der Waals surface area contributed by atoms with Crippen molar-refractivity contribution in [2.45, 2.75) is 70.6 Å². The van der Waals surface area contributed by atoms with Gasteiger partial charge in [-0.2, -0.15) is 0 Å². The quantitative estimate of drug-likeness (QED) is 0.713. The summed E-state index contributed by atoms with van der Waals surface area (Å²) in [6.45, 7) is 0. The fourth-order valence-electron chi connectivity index (χ4n) is 2.41. The van der Waals surface area contributed by atoms with Crippen LogP contribution in [0.2, 0.25) is 0 Å². The van der Waals surface area contributed by atoms with Crippen molar-refractivity contribution in [1.82, 2.24) is 0 Å². The van der Waals surface area contributed by atoms with Crippen LogP contribution in [0, 0.1) is 5.92 Å². The van der Waals surface area contributed by atoms with Gasteiger partial charge in [-0.15, -0.1) is 0 Å². The van der Waals surface area contributed by atoms with Crippen LogP contribution in [0.3, 0.4) is 0 Å². The van der Waals surface area contributed by atoms with E-state index in [0.29, 0.717) is 0 Å². The molecule has 0 spiro atoms. The van der Waals surface area contributed by atoms with Crippen molar-refractivity contribution in [3.63, 3.8) is 0 Å². The van der Waals surface area contributed by atoms with Crippen LogP contribution in [-0.4, -0.2) is 11.1 Å². The molecule has 2 aliphatic carbocycles. The third kappa shape index (κ3) is 5.81. The molecule has 0 saturated heterocycles.